The Bertz CT molecular complexity index is 662. The highest BCUT2D eigenvalue weighted by Crippen LogP contribution is 2.38. The van der Waals surface area contributed by atoms with Gasteiger partial charge in [-0.05, 0) is 11.8 Å². The minimum absolute atomic E-state index is 0.852. The van der Waals surface area contributed by atoms with E-state index in [0.29, 0.717) is 0 Å². The van der Waals surface area contributed by atoms with Crippen molar-refractivity contribution in [2.75, 3.05) is 6.26 Å². The van der Waals surface area contributed by atoms with Gasteiger partial charge in [0.1, 0.15) is 5.69 Å². The molecule has 0 aliphatic rings. The molecule has 3 rings (SSSR count). The Morgan fingerprint density at radius 3 is 2.00 bits per heavy atom. The fourth-order valence-electron chi connectivity index (χ4n) is 2.07. The summed E-state index contributed by atoms with van der Waals surface area (Å²) in [5.41, 5.74) is 4.17. The van der Waals surface area contributed by atoms with Gasteiger partial charge in [0, 0.05) is 5.56 Å². The molecule has 94 valence electrons. The molecule has 0 atom stereocenters. The van der Waals surface area contributed by atoms with Gasteiger partial charge in [0.05, 0.1) is 5.56 Å². The lowest BCUT2D eigenvalue weighted by Crippen LogP contribution is -1.83. The molecule has 2 aromatic carbocycles. The second-order valence-corrected chi connectivity index (χ2v) is 4.91. The van der Waals surface area contributed by atoms with E-state index in [1.807, 2.05) is 42.7 Å². The molecule has 2 nitrogen and oxygen atoms in total. The number of benzene rings is 2. The summed E-state index contributed by atoms with van der Waals surface area (Å²) in [4.78, 5) is 0. The summed E-state index contributed by atoms with van der Waals surface area (Å²) in [5.74, 6) is 0. The fraction of sp³-hybridized carbons (Fsp3) is 0.0625. The van der Waals surface area contributed by atoms with Crippen molar-refractivity contribution in [1.82, 2.24) is 5.16 Å². The van der Waals surface area contributed by atoms with Gasteiger partial charge in [-0.1, -0.05) is 77.6 Å². The Balaban J connectivity index is 2.20. The standard InChI is InChI=1S/C16H13NOS/c1-19-16-14(12-8-4-2-5-9-12)15(17-18-16)13-10-6-3-7-11-13/h2-11H,1H3. The van der Waals surface area contributed by atoms with E-state index >= 15 is 0 Å². The maximum atomic E-state index is 5.47. The van der Waals surface area contributed by atoms with Crippen molar-refractivity contribution in [3.63, 3.8) is 0 Å². The number of thioether (sulfide) groups is 1. The third-order valence-electron chi connectivity index (χ3n) is 2.96. The fourth-order valence-corrected chi connectivity index (χ4v) is 2.60. The summed E-state index contributed by atoms with van der Waals surface area (Å²) in [6, 6.07) is 20.4. The van der Waals surface area contributed by atoms with Crippen LogP contribution in [0.25, 0.3) is 22.4 Å². The summed E-state index contributed by atoms with van der Waals surface area (Å²) >= 11 is 1.58. The average Bonchev–Trinajstić information content (AvgIpc) is 2.93. The molecule has 1 aromatic heterocycles. The van der Waals surface area contributed by atoms with Crippen LogP contribution in [-0.4, -0.2) is 11.4 Å². The molecule has 0 N–H and O–H groups in total. The first-order valence-electron chi connectivity index (χ1n) is 6.04. The van der Waals surface area contributed by atoms with Gasteiger partial charge in [0.2, 0.25) is 5.09 Å². The van der Waals surface area contributed by atoms with Crippen LogP contribution in [0, 0.1) is 0 Å². The minimum Gasteiger partial charge on any atom is -0.349 e. The monoisotopic (exact) mass is 267 g/mol. The smallest absolute Gasteiger partial charge is 0.201 e. The first-order valence-corrected chi connectivity index (χ1v) is 7.27. The van der Waals surface area contributed by atoms with Crippen molar-refractivity contribution in [3.8, 4) is 22.4 Å². The van der Waals surface area contributed by atoms with Gasteiger partial charge in [-0.25, -0.2) is 0 Å². The van der Waals surface area contributed by atoms with Crippen LogP contribution in [0.3, 0.4) is 0 Å². The van der Waals surface area contributed by atoms with Crippen LogP contribution in [0.4, 0.5) is 0 Å². The quantitative estimate of drug-likeness (QED) is 0.642. The topological polar surface area (TPSA) is 26.0 Å². The SMILES string of the molecule is CSc1onc(-c2ccccc2)c1-c1ccccc1. The molecule has 0 spiro atoms. The van der Waals surface area contributed by atoms with E-state index in [-0.39, 0.29) is 0 Å². The van der Waals surface area contributed by atoms with Crippen molar-refractivity contribution in [1.29, 1.82) is 0 Å². The summed E-state index contributed by atoms with van der Waals surface area (Å²) < 4.78 is 5.47. The Kier molecular flexibility index (Phi) is 3.38. The van der Waals surface area contributed by atoms with Gasteiger partial charge < -0.3 is 4.52 Å². The van der Waals surface area contributed by atoms with Crippen LogP contribution in [0.1, 0.15) is 0 Å². The van der Waals surface area contributed by atoms with E-state index in [2.05, 4.69) is 29.4 Å². The summed E-state index contributed by atoms with van der Waals surface area (Å²) in [6.45, 7) is 0. The Labute approximate surface area is 116 Å². The molecule has 0 amide bonds. The number of hydrogen-bond donors (Lipinski definition) is 0. The molecule has 0 radical (unpaired) electrons. The second-order valence-electron chi connectivity index (χ2n) is 4.13. The molecule has 0 saturated carbocycles. The number of nitrogens with zero attached hydrogens (tertiary/aromatic N) is 1. The van der Waals surface area contributed by atoms with Crippen LogP contribution in [0.5, 0.6) is 0 Å². The van der Waals surface area contributed by atoms with E-state index in [1.165, 1.54) is 0 Å². The maximum absolute atomic E-state index is 5.47. The normalized spacial score (nSPS) is 10.6. The first-order chi connectivity index (χ1) is 9.40. The molecule has 0 aliphatic heterocycles. The Hall–Kier alpha value is -2.00. The molecule has 0 aliphatic carbocycles. The summed E-state index contributed by atoms with van der Waals surface area (Å²) in [5, 5.41) is 5.09. The largest absolute Gasteiger partial charge is 0.349 e. The lowest BCUT2D eigenvalue weighted by atomic mass is 10.0. The van der Waals surface area contributed by atoms with E-state index in [1.54, 1.807) is 11.8 Å². The Morgan fingerprint density at radius 1 is 0.842 bits per heavy atom. The van der Waals surface area contributed by atoms with Gasteiger partial charge in [0.15, 0.2) is 0 Å². The molecule has 0 unspecified atom stereocenters. The van der Waals surface area contributed by atoms with Gasteiger partial charge in [-0.3, -0.25) is 0 Å². The number of aromatic nitrogens is 1. The van der Waals surface area contributed by atoms with Crippen molar-refractivity contribution in [2.45, 2.75) is 5.09 Å². The van der Waals surface area contributed by atoms with Crippen molar-refractivity contribution >= 4 is 11.8 Å². The highest BCUT2D eigenvalue weighted by atomic mass is 32.2. The predicted octanol–water partition coefficient (Wildman–Crippen LogP) is 4.73. The molecule has 0 saturated heterocycles. The zero-order valence-electron chi connectivity index (χ0n) is 10.5. The summed E-state index contributed by atoms with van der Waals surface area (Å²) in [7, 11) is 0. The van der Waals surface area contributed by atoms with Crippen LogP contribution < -0.4 is 0 Å². The highest BCUT2D eigenvalue weighted by Gasteiger charge is 2.18. The molecular weight excluding hydrogens is 254 g/mol. The second kappa shape index (κ2) is 5.33. The maximum Gasteiger partial charge on any atom is 0.201 e. The van der Waals surface area contributed by atoms with E-state index in [4.69, 9.17) is 4.52 Å². The predicted molar refractivity (Wildman–Crippen MR) is 79.2 cm³/mol. The molecular formula is C16H13NOS. The number of hydrogen-bond acceptors (Lipinski definition) is 3. The van der Waals surface area contributed by atoms with Gasteiger partial charge >= 0.3 is 0 Å². The van der Waals surface area contributed by atoms with Crippen molar-refractivity contribution in [3.05, 3.63) is 60.7 Å². The molecule has 19 heavy (non-hydrogen) atoms. The van der Waals surface area contributed by atoms with E-state index in [9.17, 15) is 0 Å². The lowest BCUT2D eigenvalue weighted by Gasteiger charge is -2.03. The van der Waals surface area contributed by atoms with E-state index < -0.39 is 0 Å². The molecule has 1 heterocycles. The van der Waals surface area contributed by atoms with Gasteiger partial charge in [0.25, 0.3) is 0 Å². The zero-order valence-corrected chi connectivity index (χ0v) is 11.4. The lowest BCUT2D eigenvalue weighted by molar-refractivity contribution is 0.353. The molecule has 3 aromatic rings. The molecule has 3 heteroatoms. The number of rotatable bonds is 3. The van der Waals surface area contributed by atoms with Gasteiger partial charge in [-0.2, -0.15) is 0 Å². The van der Waals surface area contributed by atoms with Crippen LogP contribution in [0.2, 0.25) is 0 Å². The zero-order chi connectivity index (χ0) is 13.1. The third kappa shape index (κ3) is 2.29. The molecule has 0 bridgehead atoms. The Morgan fingerprint density at radius 2 is 1.42 bits per heavy atom. The van der Waals surface area contributed by atoms with Crippen molar-refractivity contribution in [2.24, 2.45) is 0 Å². The average molecular weight is 267 g/mol. The van der Waals surface area contributed by atoms with E-state index in [0.717, 1.165) is 27.5 Å². The van der Waals surface area contributed by atoms with Crippen LogP contribution >= 0.6 is 11.8 Å². The first kappa shape index (κ1) is 12.1. The van der Waals surface area contributed by atoms with Gasteiger partial charge in [-0.15, -0.1) is 0 Å². The third-order valence-corrected chi connectivity index (χ3v) is 3.61. The van der Waals surface area contributed by atoms with Crippen LogP contribution in [0.15, 0.2) is 70.3 Å². The minimum atomic E-state index is 0.852. The van der Waals surface area contributed by atoms with Crippen molar-refractivity contribution < 1.29 is 4.52 Å². The molecule has 0 fully saturated rings. The highest BCUT2D eigenvalue weighted by molar-refractivity contribution is 7.98. The van der Waals surface area contributed by atoms with Crippen LogP contribution in [-0.2, 0) is 0 Å². The summed E-state index contributed by atoms with van der Waals surface area (Å²) in [6.07, 6.45) is 2.00.